The van der Waals surface area contributed by atoms with E-state index in [9.17, 15) is 45.6 Å². The monoisotopic (exact) mass is 1120 g/mol. The molecule has 14 nitrogen and oxygen atoms in total. The highest BCUT2D eigenvalue weighted by molar-refractivity contribution is 5.76. The molecule has 2 saturated heterocycles. The van der Waals surface area contributed by atoms with Crippen molar-refractivity contribution in [2.45, 2.75) is 299 Å². The van der Waals surface area contributed by atoms with E-state index in [4.69, 9.17) is 18.9 Å². The summed E-state index contributed by atoms with van der Waals surface area (Å²) in [7, 11) is 0. The van der Waals surface area contributed by atoms with Crippen LogP contribution in [-0.2, 0) is 23.7 Å². The maximum Gasteiger partial charge on any atom is 0.220 e. The predicted molar refractivity (Wildman–Crippen MR) is 318 cm³/mol. The van der Waals surface area contributed by atoms with E-state index in [0.717, 1.165) is 70.6 Å². The van der Waals surface area contributed by atoms with Gasteiger partial charge in [-0.25, -0.2) is 0 Å². The van der Waals surface area contributed by atoms with Crippen LogP contribution in [0.25, 0.3) is 0 Å². The van der Waals surface area contributed by atoms with E-state index in [0.29, 0.717) is 12.8 Å². The summed E-state index contributed by atoms with van der Waals surface area (Å²) in [6.07, 6.45) is 50.8. The first-order chi connectivity index (χ1) is 38.6. The molecule has 456 valence electrons. The van der Waals surface area contributed by atoms with Crippen LogP contribution in [0, 0.1) is 0 Å². The Balaban J connectivity index is 1.63. The van der Waals surface area contributed by atoms with Crippen LogP contribution in [0.3, 0.4) is 0 Å². The molecule has 79 heavy (non-hydrogen) atoms. The molecular weight excluding hydrogens is 1000 g/mol. The Kier molecular flexibility index (Phi) is 45.5. The first kappa shape index (κ1) is 72.3. The summed E-state index contributed by atoms with van der Waals surface area (Å²) in [5.41, 5.74) is 0. The number of aliphatic hydroxyl groups is 8. The molecule has 0 saturated carbocycles. The average Bonchev–Trinajstić information content (AvgIpc) is 3.49. The van der Waals surface area contributed by atoms with Crippen LogP contribution in [0.15, 0.2) is 85.1 Å². The lowest BCUT2D eigenvalue weighted by Gasteiger charge is -2.46. The van der Waals surface area contributed by atoms with Crippen LogP contribution >= 0.6 is 0 Å². The number of hydrogen-bond donors (Lipinski definition) is 9. The summed E-state index contributed by atoms with van der Waals surface area (Å²) in [6, 6.07) is -0.939. The molecular formula is C65H113NO13. The van der Waals surface area contributed by atoms with Crippen molar-refractivity contribution in [3.8, 4) is 0 Å². The van der Waals surface area contributed by atoms with Crippen LogP contribution in [0.4, 0.5) is 0 Å². The van der Waals surface area contributed by atoms with Crippen molar-refractivity contribution in [1.29, 1.82) is 0 Å². The number of amides is 1. The Morgan fingerprint density at radius 2 is 0.886 bits per heavy atom. The average molecular weight is 1120 g/mol. The van der Waals surface area contributed by atoms with Gasteiger partial charge in [0.05, 0.1) is 32.0 Å². The van der Waals surface area contributed by atoms with Gasteiger partial charge < -0.3 is 65.1 Å². The maximum absolute atomic E-state index is 13.2. The predicted octanol–water partition coefficient (Wildman–Crippen LogP) is 11.3. The van der Waals surface area contributed by atoms with E-state index in [-0.39, 0.29) is 18.9 Å². The van der Waals surface area contributed by atoms with Gasteiger partial charge in [0, 0.05) is 6.42 Å². The van der Waals surface area contributed by atoms with Crippen molar-refractivity contribution in [3.05, 3.63) is 85.1 Å². The largest absolute Gasteiger partial charge is 0.394 e. The van der Waals surface area contributed by atoms with Gasteiger partial charge in [0.2, 0.25) is 5.91 Å². The smallest absolute Gasteiger partial charge is 0.220 e. The van der Waals surface area contributed by atoms with Crippen molar-refractivity contribution in [1.82, 2.24) is 5.32 Å². The summed E-state index contributed by atoms with van der Waals surface area (Å²) >= 11 is 0. The quantitative estimate of drug-likeness (QED) is 0.0204. The summed E-state index contributed by atoms with van der Waals surface area (Å²) < 4.78 is 22.7. The van der Waals surface area contributed by atoms with Crippen LogP contribution in [0.2, 0.25) is 0 Å². The molecule has 0 aromatic rings. The van der Waals surface area contributed by atoms with Crippen molar-refractivity contribution < 1.29 is 64.6 Å². The molecule has 12 atom stereocenters. The lowest BCUT2D eigenvalue weighted by Crippen LogP contribution is -2.65. The van der Waals surface area contributed by atoms with Gasteiger partial charge in [-0.3, -0.25) is 4.79 Å². The normalized spacial score (nSPS) is 25.0. The van der Waals surface area contributed by atoms with Crippen molar-refractivity contribution in [2.75, 3.05) is 19.8 Å². The van der Waals surface area contributed by atoms with Gasteiger partial charge in [0.25, 0.3) is 0 Å². The lowest BCUT2D eigenvalue weighted by atomic mass is 9.97. The standard InChI is InChI=1S/C65H113NO13/c1-3-5-7-9-11-13-15-17-18-19-20-21-22-23-24-25-26-27-28-29-30-31-32-33-34-35-36-37-39-41-43-45-47-49-57(70)66-53(54(69)48-46-44-42-40-38-16-14-12-10-8-6-4-2)52-76-64-62(75)60(73)63(56(51-68)78-64)79-65-61(74)59(72)58(71)55(50-67)77-65/h5,7,10-13,17-18,20-21,38,40,46,48,53-56,58-65,67-69,71-75H,3-4,6,8-9,14-16,19,22-37,39,41-45,47,49-52H2,1-2H3,(H,66,70)/b7-5-,12-10+,13-11-,18-17-,21-20-,40-38+,48-46+. The van der Waals surface area contributed by atoms with Crippen LogP contribution in [0.1, 0.15) is 226 Å². The van der Waals surface area contributed by atoms with Gasteiger partial charge in [0.15, 0.2) is 12.6 Å². The third-order valence-electron chi connectivity index (χ3n) is 14.8. The highest BCUT2D eigenvalue weighted by atomic mass is 16.7. The fraction of sp³-hybridized carbons (Fsp3) is 0.769. The molecule has 1 amide bonds. The summed E-state index contributed by atoms with van der Waals surface area (Å²) in [6.45, 7) is 2.60. The first-order valence-corrected chi connectivity index (χ1v) is 31.3. The van der Waals surface area contributed by atoms with Crippen molar-refractivity contribution in [3.63, 3.8) is 0 Å². The second-order valence-corrected chi connectivity index (χ2v) is 21.8. The molecule has 0 aromatic heterocycles. The molecule has 9 N–H and O–H groups in total. The van der Waals surface area contributed by atoms with Gasteiger partial charge in [-0.05, 0) is 77.0 Å². The lowest BCUT2D eigenvalue weighted by molar-refractivity contribution is -0.359. The SMILES string of the molecule is CC/C=C\C/C=C\C/C=C\C/C=C\CCCCCCCCCCCCCCCCCCCCCCC(=O)NC(COC1OC(CO)C(OC2OC(CO)C(O)C(O)C2O)C(O)C1O)C(O)/C=C/CC/C=C/CC/C=C/CCCC. The Labute approximate surface area is 478 Å². The molecule has 0 spiro atoms. The van der Waals surface area contributed by atoms with E-state index in [1.807, 2.05) is 6.08 Å². The third kappa shape index (κ3) is 35.0. The zero-order valence-electron chi connectivity index (χ0n) is 49.1. The molecule has 0 bridgehead atoms. The molecule has 2 fully saturated rings. The fourth-order valence-electron chi connectivity index (χ4n) is 9.77. The number of hydrogen-bond acceptors (Lipinski definition) is 13. The second-order valence-electron chi connectivity index (χ2n) is 21.8. The van der Waals surface area contributed by atoms with Crippen LogP contribution in [0.5, 0.6) is 0 Å². The van der Waals surface area contributed by atoms with Crippen LogP contribution in [-0.4, -0.2) is 140 Å². The molecule has 2 heterocycles. The molecule has 0 radical (unpaired) electrons. The van der Waals surface area contributed by atoms with E-state index in [2.05, 4.69) is 92.1 Å². The minimum absolute atomic E-state index is 0.255. The molecule has 12 unspecified atom stereocenters. The first-order valence-electron chi connectivity index (χ1n) is 31.3. The third-order valence-corrected chi connectivity index (χ3v) is 14.8. The number of carbonyl (C=O) groups is 1. The Morgan fingerprint density at radius 1 is 0.468 bits per heavy atom. The van der Waals surface area contributed by atoms with E-state index >= 15 is 0 Å². The number of aliphatic hydroxyl groups excluding tert-OH is 8. The molecule has 0 aliphatic carbocycles. The summed E-state index contributed by atoms with van der Waals surface area (Å²) in [5.74, 6) is -0.255. The number of ether oxygens (including phenoxy) is 4. The number of carbonyl (C=O) groups excluding carboxylic acids is 1. The molecule has 2 aliphatic heterocycles. The maximum atomic E-state index is 13.2. The number of nitrogens with one attached hydrogen (secondary N) is 1. The Morgan fingerprint density at radius 3 is 1.39 bits per heavy atom. The van der Waals surface area contributed by atoms with Gasteiger partial charge in [-0.15, -0.1) is 0 Å². The van der Waals surface area contributed by atoms with E-state index in [1.54, 1.807) is 6.08 Å². The minimum atomic E-state index is -1.79. The highest BCUT2D eigenvalue weighted by Crippen LogP contribution is 2.30. The number of allylic oxidation sites excluding steroid dienone is 13. The zero-order valence-corrected chi connectivity index (χ0v) is 49.1. The molecule has 2 rings (SSSR count). The second kappa shape index (κ2) is 49.8. The molecule has 0 aromatic carbocycles. The van der Waals surface area contributed by atoms with Gasteiger partial charge in [-0.2, -0.15) is 0 Å². The van der Waals surface area contributed by atoms with Gasteiger partial charge >= 0.3 is 0 Å². The highest BCUT2D eigenvalue weighted by Gasteiger charge is 2.51. The van der Waals surface area contributed by atoms with E-state index < -0.39 is 86.8 Å². The van der Waals surface area contributed by atoms with Crippen LogP contribution < -0.4 is 5.32 Å². The van der Waals surface area contributed by atoms with Crippen molar-refractivity contribution in [2.24, 2.45) is 0 Å². The van der Waals surface area contributed by atoms with Gasteiger partial charge in [0.1, 0.15) is 48.8 Å². The molecule has 2 aliphatic rings. The zero-order chi connectivity index (χ0) is 57.4. The summed E-state index contributed by atoms with van der Waals surface area (Å²) in [5, 5.41) is 87.0. The van der Waals surface area contributed by atoms with Gasteiger partial charge in [-0.1, -0.05) is 227 Å². The summed E-state index contributed by atoms with van der Waals surface area (Å²) in [4.78, 5) is 13.2. The molecule has 14 heteroatoms. The Hall–Kier alpha value is -2.83. The topological polar surface area (TPSA) is 228 Å². The Bertz CT molecular complexity index is 1650. The minimum Gasteiger partial charge on any atom is -0.394 e. The van der Waals surface area contributed by atoms with Crippen molar-refractivity contribution >= 4 is 5.91 Å². The fourth-order valence-corrected chi connectivity index (χ4v) is 9.77. The van der Waals surface area contributed by atoms with E-state index in [1.165, 1.54) is 122 Å². The number of unbranched alkanes of at least 4 members (excludes halogenated alkanes) is 24. The number of rotatable bonds is 49.